The number of rotatable bonds is 5. The third-order valence-corrected chi connectivity index (χ3v) is 4.52. The molecule has 1 aliphatic rings. The Balaban J connectivity index is 1.85. The van der Waals surface area contributed by atoms with Gasteiger partial charge in [-0.2, -0.15) is 0 Å². The van der Waals surface area contributed by atoms with Crippen LogP contribution >= 0.6 is 0 Å². The zero-order chi connectivity index (χ0) is 13.9. The lowest BCUT2D eigenvalue weighted by atomic mass is 9.87. The van der Waals surface area contributed by atoms with Gasteiger partial charge in [0.2, 0.25) is 0 Å². The molecule has 3 nitrogen and oxygen atoms in total. The summed E-state index contributed by atoms with van der Waals surface area (Å²) in [6, 6.07) is 6.17. The van der Waals surface area contributed by atoms with Crippen molar-refractivity contribution in [3.8, 4) is 5.75 Å². The number of hydrogen-bond donors (Lipinski definition) is 2. The van der Waals surface area contributed by atoms with Gasteiger partial charge in [0.1, 0.15) is 5.75 Å². The van der Waals surface area contributed by atoms with E-state index in [2.05, 4.69) is 26.0 Å². The monoisotopic (exact) mass is 263 g/mol. The van der Waals surface area contributed by atoms with E-state index in [-0.39, 0.29) is 12.1 Å². The average Bonchev–Trinajstić information content (AvgIpc) is 2.76. The Hall–Kier alpha value is -1.06. The Kier molecular flexibility index (Phi) is 4.48. The summed E-state index contributed by atoms with van der Waals surface area (Å²) in [7, 11) is 0. The van der Waals surface area contributed by atoms with Crippen LogP contribution in [0.4, 0.5) is 0 Å². The molecular formula is C16H25NO2. The van der Waals surface area contributed by atoms with Crippen LogP contribution in [0.3, 0.4) is 0 Å². The van der Waals surface area contributed by atoms with Crippen molar-refractivity contribution in [2.24, 2.45) is 11.7 Å². The van der Waals surface area contributed by atoms with Crippen LogP contribution in [0.15, 0.2) is 18.2 Å². The van der Waals surface area contributed by atoms with Crippen LogP contribution < -0.4 is 10.5 Å². The van der Waals surface area contributed by atoms with Gasteiger partial charge in [-0.25, -0.2) is 0 Å². The smallest absolute Gasteiger partial charge is 0.119 e. The second-order valence-corrected chi connectivity index (χ2v) is 5.86. The molecule has 1 aromatic carbocycles. The minimum Gasteiger partial charge on any atom is -0.494 e. The molecule has 0 aromatic heterocycles. The van der Waals surface area contributed by atoms with Crippen molar-refractivity contribution in [2.45, 2.75) is 45.1 Å². The molecule has 1 aromatic rings. The highest BCUT2D eigenvalue weighted by molar-refractivity contribution is 5.33. The van der Waals surface area contributed by atoms with Gasteiger partial charge >= 0.3 is 0 Å². The minimum atomic E-state index is -0.382. The lowest BCUT2D eigenvalue weighted by Crippen LogP contribution is -2.47. The zero-order valence-electron chi connectivity index (χ0n) is 12.0. The fraction of sp³-hybridized carbons (Fsp3) is 0.625. The predicted molar refractivity (Wildman–Crippen MR) is 77.4 cm³/mol. The molecule has 0 saturated heterocycles. The first kappa shape index (κ1) is 14.4. The summed E-state index contributed by atoms with van der Waals surface area (Å²) in [6.07, 6.45) is 4.07. The van der Waals surface area contributed by atoms with Gasteiger partial charge in [0.15, 0.2) is 0 Å². The summed E-state index contributed by atoms with van der Waals surface area (Å²) in [5.74, 6) is 1.30. The van der Waals surface area contributed by atoms with Gasteiger partial charge in [0.05, 0.1) is 13.2 Å². The number of aliphatic hydroxyl groups is 1. The van der Waals surface area contributed by atoms with Crippen LogP contribution in [0.1, 0.15) is 36.8 Å². The van der Waals surface area contributed by atoms with Crippen LogP contribution in [0.5, 0.6) is 5.75 Å². The molecular weight excluding hydrogens is 238 g/mol. The minimum absolute atomic E-state index is 0.0846. The third kappa shape index (κ3) is 3.28. The van der Waals surface area contributed by atoms with Gasteiger partial charge in [0, 0.05) is 5.54 Å². The van der Waals surface area contributed by atoms with Crippen molar-refractivity contribution in [2.75, 3.05) is 13.2 Å². The fourth-order valence-corrected chi connectivity index (χ4v) is 2.93. The van der Waals surface area contributed by atoms with E-state index in [0.717, 1.165) is 31.4 Å². The highest BCUT2D eigenvalue weighted by Crippen LogP contribution is 2.35. The maximum atomic E-state index is 9.41. The molecule has 1 aliphatic carbocycles. The maximum Gasteiger partial charge on any atom is 0.119 e. The van der Waals surface area contributed by atoms with Crippen molar-refractivity contribution in [3.63, 3.8) is 0 Å². The summed E-state index contributed by atoms with van der Waals surface area (Å²) < 4.78 is 5.80. The van der Waals surface area contributed by atoms with Crippen molar-refractivity contribution >= 4 is 0 Å². The lowest BCUT2D eigenvalue weighted by molar-refractivity contribution is 0.143. The Bertz CT molecular complexity index is 433. The van der Waals surface area contributed by atoms with Crippen LogP contribution in [0.2, 0.25) is 0 Å². The number of benzene rings is 1. The molecule has 2 rings (SSSR count). The topological polar surface area (TPSA) is 55.5 Å². The number of aliphatic hydroxyl groups excluding tert-OH is 1. The average molecular weight is 263 g/mol. The molecule has 19 heavy (non-hydrogen) atoms. The van der Waals surface area contributed by atoms with E-state index in [1.165, 1.54) is 11.1 Å². The first-order chi connectivity index (χ1) is 9.05. The number of hydrogen-bond acceptors (Lipinski definition) is 3. The molecule has 0 spiro atoms. The summed E-state index contributed by atoms with van der Waals surface area (Å²) in [6.45, 7) is 4.95. The van der Waals surface area contributed by atoms with Gasteiger partial charge in [0.25, 0.3) is 0 Å². The third-order valence-electron chi connectivity index (χ3n) is 4.52. The Morgan fingerprint density at radius 3 is 2.84 bits per heavy atom. The number of aryl methyl sites for hydroxylation is 2. The van der Waals surface area contributed by atoms with Crippen molar-refractivity contribution in [1.82, 2.24) is 0 Å². The van der Waals surface area contributed by atoms with Gasteiger partial charge in [-0.05, 0) is 62.3 Å². The number of ether oxygens (including phenoxy) is 1. The van der Waals surface area contributed by atoms with E-state index in [1.54, 1.807) is 0 Å². The van der Waals surface area contributed by atoms with Crippen molar-refractivity contribution in [3.05, 3.63) is 29.3 Å². The van der Waals surface area contributed by atoms with Crippen molar-refractivity contribution < 1.29 is 9.84 Å². The molecule has 2 atom stereocenters. The van der Waals surface area contributed by atoms with Gasteiger partial charge in [-0.3, -0.25) is 0 Å². The molecule has 2 unspecified atom stereocenters. The SMILES string of the molecule is Cc1ccc(OCCC2CCCC2(N)CO)cc1C. The molecule has 0 bridgehead atoms. The van der Waals surface area contributed by atoms with Gasteiger partial charge < -0.3 is 15.6 Å². The second kappa shape index (κ2) is 5.93. The molecule has 0 heterocycles. The molecule has 0 aliphatic heterocycles. The largest absolute Gasteiger partial charge is 0.494 e. The predicted octanol–water partition coefficient (Wildman–Crippen LogP) is 2.56. The Morgan fingerprint density at radius 2 is 2.16 bits per heavy atom. The van der Waals surface area contributed by atoms with E-state index >= 15 is 0 Å². The summed E-state index contributed by atoms with van der Waals surface area (Å²) in [5, 5.41) is 9.41. The van der Waals surface area contributed by atoms with Gasteiger partial charge in [-0.15, -0.1) is 0 Å². The maximum absolute atomic E-state index is 9.41. The van der Waals surface area contributed by atoms with E-state index in [4.69, 9.17) is 10.5 Å². The molecule has 1 fully saturated rings. The second-order valence-electron chi connectivity index (χ2n) is 5.86. The molecule has 0 radical (unpaired) electrons. The van der Waals surface area contributed by atoms with Crippen LogP contribution in [0, 0.1) is 19.8 Å². The quantitative estimate of drug-likeness (QED) is 0.858. The van der Waals surface area contributed by atoms with E-state index in [9.17, 15) is 5.11 Å². The number of nitrogens with two attached hydrogens (primary N) is 1. The van der Waals surface area contributed by atoms with Crippen LogP contribution in [0.25, 0.3) is 0 Å². The standard InChI is InChI=1S/C16H25NO2/c1-12-5-6-15(10-13(12)2)19-9-7-14-4-3-8-16(14,17)11-18/h5-6,10,14,18H,3-4,7-9,11,17H2,1-2H3. The van der Waals surface area contributed by atoms with Crippen LogP contribution in [-0.2, 0) is 0 Å². The molecule has 0 amide bonds. The van der Waals surface area contributed by atoms with E-state index < -0.39 is 0 Å². The first-order valence-corrected chi connectivity index (χ1v) is 7.15. The summed E-state index contributed by atoms with van der Waals surface area (Å²) >= 11 is 0. The molecule has 106 valence electrons. The lowest BCUT2D eigenvalue weighted by Gasteiger charge is -2.29. The molecule has 1 saturated carbocycles. The van der Waals surface area contributed by atoms with Crippen LogP contribution in [-0.4, -0.2) is 23.9 Å². The zero-order valence-corrected chi connectivity index (χ0v) is 12.0. The normalized spacial score (nSPS) is 26.6. The summed E-state index contributed by atoms with van der Waals surface area (Å²) in [4.78, 5) is 0. The molecule has 3 heteroatoms. The summed E-state index contributed by atoms with van der Waals surface area (Å²) in [5.41, 5.74) is 8.37. The Labute approximate surface area is 115 Å². The Morgan fingerprint density at radius 1 is 1.37 bits per heavy atom. The van der Waals surface area contributed by atoms with E-state index in [1.807, 2.05) is 6.07 Å². The fourth-order valence-electron chi connectivity index (χ4n) is 2.93. The molecule has 3 N–H and O–H groups in total. The highest BCUT2D eigenvalue weighted by Gasteiger charge is 2.38. The highest BCUT2D eigenvalue weighted by atomic mass is 16.5. The first-order valence-electron chi connectivity index (χ1n) is 7.15. The van der Waals surface area contributed by atoms with Crippen molar-refractivity contribution in [1.29, 1.82) is 0 Å². The van der Waals surface area contributed by atoms with E-state index in [0.29, 0.717) is 12.5 Å². The van der Waals surface area contributed by atoms with Gasteiger partial charge in [-0.1, -0.05) is 12.5 Å².